The van der Waals surface area contributed by atoms with Gasteiger partial charge in [0.2, 0.25) is 0 Å². The fourth-order valence-electron chi connectivity index (χ4n) is 3.48. The molecule has 0 spiro atoms. The van der Waals surface area contributed by atoms with Crippen LogP contribution in [0.3, 0.4) is 0 Å². The molecule has 2 aliphatic rings. The van der Waals surface area contributed by atoms with Crippen molar-refractivity contribution in [2.75, 3.05) is 13.1 Å². The summed E-state index contributed by atoms with van der Waals surface area (Å²) in [4.78, 5) is 2.66. The predicted molar refractivity (Wildman–Crippen MR) is 69.4 cm³/mol. The molecule has 2 nitrogen and oxygen atoms in total. The van der Waals surface area contributed by atoms with Gasteiger partial charge in [-0.15, -0.1) is 0 Å². The van der Waals surface area contributed by atoms with Crippen LogP contribution in [0, 0.1) is 10.8 Å². The van der Waals surface area contributed by atoms with Gasteiger partial charge in [-0.05, 0) is 36.6 Å². The van der Waals surface area contributed by atoms with E-state index in [-0.39, 0.29) is 0 Å². The highest BCUT2D eigenvalue weighted by molar-refractivity contribution is 4.99. The highest BCUT2D eigenvalue weighted by Crippen LogP contribution is 2.39. The smallest absolute Gasteiger partial charge is 0.0252 e. The Morgan fingerprint density at radius 3 is 2.38 bits per heavy atom. The van der Waals surface area contributed by atoms with Crippen LogP contribution < -0.4 is 5.73 Å². The van der Waals surface area contributed by atoms with Gasteiger partial charge < -0.3 is 5.73 Å². The summed E-state index contributed by atoms with van der Waals surface area (Å²) < 4.78 is 0. The predicted octanol–water partition coefficient (Wildman–Crippen LogP) is 2.62. The highest BCUT2D eigenvalue weighted by Gasteiger charge is 2.42. The van der Waals surface area contributed by atoms with E-state index in [0.717, 1.165) is 0 Å². The van der Waals surface area contributed by atoms with Gasteiger partial charge in [0.15, 0.2) is 0 Å². The monoisotopic (exact) mass is 224 g/mol. The lowest BCUT2D eigenvalue weighted by molar-refractivity contribution is 0.0775. The second-order valence-corrected chi connectivity index (χ2v) is 7.36. The first kappa shape index (κ1) is 12.4. The molecule has 16 heavy (non-hydrogen) atoms. The molecule has 2 rings (SSSR count). The quantitative estimate of drug-likeness (QED) is 0.742. The van der Waals surface area contributed by atoms with Gasteiger partial charge >= 0.3 is 0 Å². The maximum absolute atomic E-state index is 6.48. The molecular weight excluding hydrogens is 196 g/mol. The third-order valence-corrected chi connectivity index (χ3v) is 4.81. The minimum Gasteiger partial charge on any atom is -0.326 e. The van der Waals surface area contributed by atoms with Gasteiger partial charge in [0, 0.05) is 18.6 Å². The van der Waals surface area contributed by atoms with Gasteiger partial charge in [0.25, 0.3) is 0 Å². The molecular formula is C14H28N2. The van der Waals surface area contributed by atoms with Crippen molar-refractivity contribution in [2.24, 2.45) is 16.6 Å². The SMILES string of the molecule is CC1(C)CCN(C2CCCC(C)(C)C2N)C1. The van der Waals surface area contributed by atoms with Crippen molar-refractivity contribution in [3.8, 4) is 0 Å². The standard InChI is InChI=1S/C14H28N2/c1-13(2)8-9-16(10-13)11-6-5-7-14(3,4)12(11)15/h11-12H,5-10,15H2,1-4H3. The number of likely N-dealkylation sites (tertiary alicyclic amines) is 1. The fourth-order valence-corrected chi connectivity index (χ4v) is 3.48. The number of hydrogen-bond donors (Lipinski definition) is 1. The van der Waals surface area contributed by atoms with Crippen molar-refractivity contribution in [2.45, 2.75) is 65.5 Å². The van der Waals surface area contributed by atoms with Crippen LogP contribution >= 0.6 is 0 Å². The maximum atomic E-state index is 6.48. The number of nitrogens with two attached hydrogens (primary N) is 1. The van der Waals surface area contributed by atoms with Crippen LogP contribution in [0.5, 0.6) is 0 Å². The Morgan fingerprint density at radius 2 is 1.81 bits per heavy atom. The molecule has 0 aromatic heterocycles. The Bertz CT molecular complexity index is 257. The normalized spacial score (nSPS) is 38.8. The molecule has 1 saturated heterocycles. The lowest BCUT2D eigenvalue weighted by Crippen LogP contribution is -2.56. The van der Waals surface area contributed by atoms with Crippen LogP contribution in [0.15, 0.2) is 0 Å². The molecule has 2 heteroatoms. The van der Waals surface area contributed by atoms with Crippen molar-refractivity contribution in [1.29, 1.82) is 0 Å². The zero-order valence-electron chi connectivity index (χ0n) is 11.4. The minimum absolute atomic E-state index is 0.329. The van der Waals surface area contributed by atoms with E-state index in [1.54, 1.807) is 0 Å². The van der Waals surface area contributed by atoms with E-state index in [0.29, 0.717) is 22.9 Å². The molecule has 1 saturated carbocycles. The lowest BCUT2D eigenvalue weighted by Gasteiger charge is -2.45. The molecule has 0 radical (unpaired) electrons. The molecule has 0 bridgehead atoms. The molecule has 0 aromatic carbocycles. The lowest BCUT2D eigenvalue weighted by atomic mass is 9.71. The first-order valence-electron chi connectivity index (χ1n) is 6.81. The summed E-state index contributed by atoms with van der Waals surface area (Å²) >= 11 is 0. The Labute approximate surface area is 101 Å². The van der Waals surface area contributed by atoms with Crippen LogP contribution in [0.4, 0.5) is 0 Å². The van der Waals surface area contributed by atoms with Crippen LogP contribution in [0.2, 0.25) is 0 Å². The third-order valence-electron chi connectivity index (χ3n) is 4.81. The first-order chi connectivity index (χ1) is 7.32. The second kappa shape index (κ2) is 3.99. The zero-order chi connectivity index (χ0) is 12.0. The van der Waals surface area contributed by atoms with Crippen molar-refractivity contribution < 1.29 is 0 Å². The van der Waals surface area contributed by atoms with Gasteiger partial charge in [0.05, 0.1) is 0 Å². The number of hydrogen-bond acceptors (Lipinski definition) is 2. The van der Waals surface area contributed by atoms with Crippen LogP contribution in [0.1, 0.15) is 53.4 Å². The minimum atomic E-state index is 0.329. The Hall–Kier alpha value is -0.0800. The van der Waals surface area contributed by atoms with Crippen molar-refractivity contribution in [3.05, 3.63) is 0 Å². The Balaban J connectivity index is 2.05. The largest absolute Gasteiger partial charge is 0.326 e. The topological polar surface area (TPSA) is 29.3 Å². The summed E-state index contributed by atoms with van der Waals surface area (Å²) in [5, 5.41) is 0. The molecule has 0 amide bonds. The summed E-state index contributed by atoms with van der Waals surface area (Å²) in [6.45, 7) is 11.9. The van der Waals surface area contributed by atoms with Crippen molar-refractivity contribution in [1.82, 2.24) is 4.90 Å². The molecule has 1 aliphatic heterocycles. The number of nitrogens with zero attached hydrogens (tertiary/aromatic N) is 1. The van der Waals surface area contributed by atoms with Crippen molar-refractivity contribution in [3.63, 3.8) is 0 Å². The van der Waals surface area contributed by atoms with E-state index in [4.69, 9.17) is 5.73 Å². The van der Waals surface area contributed by atoms with E-state index < -0.39 is 0 Å². The van der Waals surface area contributed by atoms with E-state index in [9.17, 15) is 0 Å². The summed E-state index contributed by atoms with van der Waals surface area (Å²) in [5.41, 5.74) is 7.31. The Kier molecular flexibility index (Phi) is 3.09. The summed E-state index contributed by atoms with van der Waals surface area (Å²) in [6, 6.07) is 0.987. The molecule has 0 aromatic rings. The van der Waals surface area contributed by atoms with Crippen molar-refractivity contribution >= 4 is 0 Å². The summed E-state index contributed by atoms with van der Waals surface area (Å²) in [7, 11) is 0. The van der Waals surface area contributed by atoms with Crippen LogP contribution in [-0.4, -0.2) is 30.1 Å². The van der Waals surface area contributed by atoms with Gasteiger partial charge in [0.1, 0.15) is 0 Å². The zero-order valence-corrected chi connectivity index (χ0v) is 11.4. The molecule has 2 unspecified atom stereocenters. The van der Waals surface area contributed by atoms with Gasteiger partial charge in [-0.2, -0.15) is 0 Å². The van der Waals surface area contributed by atoms with Gasteiger partial charge in [-0.1, -0.05) is 34.1 Å². The molecule has 1 heterocycles. The van der Waals surface area contributed by atoms with Crippen LogP contribution in [-0.2, 0) is 0 Å². The molecule has 2 fully saturated rings. The molecule has 94 valence electrons. The third kappa shape index (κ3) is 2.28. The molecule has 1 aliphatic carbocycles. The maximum Gasteiger partial charge on any atom is 0.0252 e. The summed E-state index contributed by atoms with van der Waals surface area (Å²) in [6.07, 6.45) is 5.28. The van der Waals surface area contributed by atoms with E-state index in [2.05, 4.69) is 32.6 Å². The van der Waals surface area contributed by atoms with E-state index in [1.165, 1.54) is 38.8 Å². The van der Waals surface area contributed by atoms with E-state index >= 15 is 0 Å². The average molecular weight is 224 g/mol. The first-order valence-corrected chi connectivity index (χ1v) is 6.81. The summed E-state index contributed by atoms with van der Waals surface area (Å²) in [5.74, 6) is 0. The molecule has 2 N–H and O–H groups in total. The fraction of sp³-hybridized carbons (Fsp3) is 1.00. The number of rotatable bonds is 1. The second-order valence-electron chi connectivity index (χ2n) is 7.36. The van der Waals surface area contributed by atoms with Gasteiger partial charge in [-0.3, -0.25) is 4.90 Å². The molecule has 2 atom stereocenters. The highest BCUT2D eigenvalue weighted by atomic mass is 15.2. The van der Waals surface area contributed by atoms with Gasteiger partial charge in [-0.25, -0.2) is 0 Å². The average Bonchev–Trinajstić information content (AvgIpc) is 2.51. The Morgan fingerprint density at radius 1 is 1.12 bits per heavy atom. The van der Waals surface area contributed by atoms with E-state index in [1.807, 2.05) is 0 Å². The van der Waals surface area contributed by atoms with Crippen LogP contribution in [0.25, 0.3) is 0 Å².